The lowest BCUT2D eigenvalue weighted by Crippen LogP contribution is -1.90. The van der Waals surface area contributed by atoms with Crippen LogP contribution in [-0.2, 0) is 5.75 Å². The van der Waals surface area contributed by atoms with Crippen LogP contribution in [0.25, 0.3) is 0 Å². The molecule has 0 bridgehead atoms. The normalized spacial score (nSPS) is 21.5. The average molecular weight is 234 g/mol. The SMILES string of the molecule is C=CS1(=C)=Cc2cc(C)cc(C)c2C1.CC. The van der Waals surface area contributed by atoms with Crippen LogP contribution in [0, 0.1) is 13.8 Å². The van der Waals surface area contributed by atoms with Gasteiger partial charge in [0.2, 0.25) is 0 Å². The van der Waals surface area contributed by atoms with Gasteiger partial charge < -0.3 is 0 Å². The van der Waals surface area contributed by atoms with Gasteiger partial charge in [-0.15, -0.1) is 0 Å². The van der Waals surface area contributed by atoms with Crippen molar-refractivity contribution in [2.75, 3.05) is 0 Å². The molecule has 0 saturated heterocycles. The minimum Gasteiger partial charge on any atom is -0.183 e. The fraction of sp³-hybridized carbons (Fsp3) is 0.333. The minimum absolute atomic E-state index is 0.951. The molecule has 0 saturated carbocycles. The van der Waals surface area contributed by atoms with Gasteiger partial charge in [-0.25, -0.2) is 0 Å². The highest BCUT2D eigenvalue weighted by atomic mass is 32.2. The fourth-order valence-corrected chi connectivity index (χ4v) is 3.95. The predicted molar refractivity (Wildman–Crippen MR) is 81.0 cm³/mol. The molecule has 0 N–H and O–H groups in total. The van der Waals surface area contributed by atoms with E-state index in [-0.39, 0.29) is 0 Å². The lowest BCUT2D eigenvalue weighted by molar-refractivity contribution is 1.28. The number of benzene rings is 1. The maximum atomic E-state index is 4.28. The average Bonchev–Trinajstić information content (AvgIpc) is 2.59. The van der Waals surface area contributed by atoms with Gasteiger partial charge >= 0.3 is 0 Å². The van der Waals surface area contributed by atoms with Crippen molar-refractivity contribution >= 4 is 20.4 Å². The summed E-state index contributed by atoms with van der Waals surface area (Å²) in [6.45, 7) is 12.2. The summed E-state index contributed by atoms with van der Waals surface area (Å²) in [5.74, 6) is 5.36. The lowest BCUT2D eigenvalue weighted by Gasteiger charge is -2.06. The Balaban J connectivity index is 0.000000606. The zero-order valence-corrected chi connectivity index (χ0v) is 11.7. The molecule has 1 aliphatic rings. The highest BCUT2D eigenvalue weighted by Gasteiger charge is 2.14. The van der Waals surface area contributed by atoms with Crippen molar-refractivity contribution in [1.29, 1.82) is 0 Å². The molecule has 1 aliphatic heterocycles. The van der Waals surface area contributed by atoms with Gasteiger partial charge in [0.15, 0.2) is 0 Å². The first-order valence-electron chi connectivity index (χ1n) is 5.75. The first-order valence-corrected chi connectivity index (χ1v) is 7.85. The molecule has 1 aromatic rings. The highest BCUT2D eigenvalue weighted by Crippen LogP contribution is 2.38. The van der Waals surface area contributed by atoms with Crippen molar-refractivity contribution in [1.82, 2.24) is 0 Å². The van der Waals surface area contributed by atoms with Crippen LogP contribution in [0.2, 0.25) is 0 Å². The molecule has 2 rings (SSSR count). The second-order valence-electron chi connectivity index (χ2n) is 4.09. The molecule has 0 aromatic heterocycles. The number of aryl methyl sites for hydroxylation is 2. The van der Waals surface area contributed by atoms with E-state index in [0.29, 0.717) is 0 Å². The Morgan fingerprint density at radius 1 is 1.25 bits per heavy atom. The van der Waals surface area contributed by atoms with E-state index < -0.39 is 9.21 Å². The Kier molecular flexibility index (Phi) is 4.03. The third-order valence-electron chi connectivity index (χ3n) is 2.76. The fourth-order valence-electron chi connectivity index (χ4n) is 2.00. The maximum absolute atomic E-state index is 4.28. The van der Waals surface area contributed by atoms with E-state index in [1.54, 1.807) is 0 Å². The van der Waals surface area contributed by atoms with E-state index in [0.717, 1.165) is 5.75 Å². The predicted octanol–water partition coefficient (Wildman–Crippen LogP) is 4.37. The third-order valence-corrected chi connectivity index (χ3v) is 4.97. The van der Waals surface area contributed by atoms with Crippen LogP contribution < -0.4 is 0 Å². The van der Waals surface area contributed by atoms with E-state index >= 15 is 0 Å². The molecule has 88 valence electrons. The zero-order valence-electron chi connectivity index (χ0n) is 10.8. The van der Waals surface area contributed by atoms with Gasteiger partial charge in [-0.2, -0.15) is 9.21 Å². The van der Waals surface area contributed by atoms with Crippen molar-refractivity contribution in [3.05, 3.63) is 46.4 Å². The number of fused-ring (bicyclic) bond motifs is 1. The van der Waals surface area contributed by atoms with Crippen LogP contribution in [0.3, 0.4) is 0 Å². The van der Waals surface area contributed by atoms with Crippen LogP contribution in [0.15, 0.2) is 24.1 Å². The Labute approximate surface area is 100 Å². The second-order valence-corrected chi connectivity index (χ2v) is 6.96. The summed E-state index contributed by atoms with van der Waals surface area (Å²) in [4.78, 5) is 0. The molecule has 0 spiro atoms. The van der Waals surface area contributed by atoms with Gasteiger partial charge in [0.05, 0.1) is 0 Å². The van der Waals surface area contributed by atoms with Crippen LogP contribution in [0.4, 0.5) is 0 Å². The molecule has 0 radical (unpaired) electrons. The standard InChI is InChI=1S/C13H16S.C2H6/c1-5-14(4)8-12-7-10(2)6-11(3)13(12)9-14;1-2/h5-8H,1,4,9H2,2-3H3;1-2H3. The van der Waals surface area contributed by atoms with Crippen molar-refractivity contribution < 1.29 is 0 Å². The van der Waals surface area contributed by atoms with Crippen molar-refractivity contribution in [3.63, 3.8) is 0 Å². The van der Waals surface area contributed by atoms with Gasteiger partial charge in [-0.1, -0.05) is 44.0 Å². The molecule has 0 nitrogen and oxygen atoms in total. The summed E-state index contributed by atoms with van der Waals surface area (Å²) in [6.07, 6.45) is 0. The van der Waals surface area contributed by atoms with Gasteiger partial charge in [0.25, 0.3) is 0 Å². The largest absolute Gasteiger partial charge is 0.183 e. The Hall–Kier alpha value is -0.950. The molecule has 1 heteroatoms. The molecular weight excluding hydrogens is 212 g/mol. The summed E-state index contributed by atoms with van der Waals surface area (Å²) >= 11 is 0. The second kappa shape index (κ2) is 4.92. The Morgan fingerprint density at radius 3 is 2.44 bits per heavy atom. The molecule has 1 heterocycles. The summed E-state index contributed by atoms with van der Waals surface area (Å²) in [7, 11) is -0.951. The third kappa shape index (κ3) is 2.41. The first kappa shape index (κ1) is 13.1. The molecule has 1 aromatic carbocycles. The van der Waals surface area contributed by atoms with Gasteiger partial charge in [-0.3, -0.25) is 0 Å². The van der Waals surface area contributed by atoms with Gasteiger partial charge in [0, 0.05) is 5.75 Å². The Morgan fingerprint density at radius 2 is 1.88 bits per heavy atom. The van der Waals surface area contributed by atoms with Crippen molar-refractivity contribution in [2.24, 2.45) is 0 Å². The molecule has 16 heavy (non-hydrogen) atoms. The van der Waals surface area contributed by atoms with Gasteiger partial charge in [-0.05, 0) is 41.3 Å². The van der Waals surface area contributed by atoms with Crippen molar-refractivity contribution in [3.8, 4) is 0 Å². The molecule has 0 fully saturated rings. The highest BCUT2D eigenvalue weighted by molar-refractivity contribution is 8.30. The lowest BCUT2D eigenvalue weighted by atomic mass is 10.0. The first-order chi connectivity index (χ1) is 7.54. The quantitative estimate of drug-likeness (QED) is 0.633. The topological polar surface area (TPSA) is 0 Å². The summed E-state index contributed by atoms with van der Waals surface area (Å²) < 4.78 is 0. The minimum atomic E-state index is -0.951. The molecular formula is C15H22S. The summed E-state index contributed by atoms with van der Waals surface area (Å²) in [5, 5.41) is 4.34. The molecule has 1 atom stereocenters. The Bertz CT molecular complexity index is 512. The van der Waals surface area contributed by atoms with Gasteiger partial charge in [0.1, 0.15) is 0 Å². The van der Waals surface area contributed by atoms with E-state index in [9.17, 15) is 0 Å². The number of hydrogen-bond donors (Lipinski definition) is 0. The smallest absolute Gasteiger partial charge is 0.0132 e. The van der Waals surface area contributed by atoms with E-state index in [2.05, 4.69) is 43.8 Å². The maximum Gasteiger partial charge on any atom is 0.0132 e. The van der Waals surface area contributed by atoms with Crippen LogP contribution >= 0.6 is 9.21 Å². The van der Waals surface area contributed by atoms with Crippen LogP contribution in [0.1, 0.15) is 36.1 Å². The number of hydrogen-bond acceptors (Lipinski definition) is 0. The summed E-state index contributed by atoms with van der Waals surface area (Å²) in [5.41, 5.74) is 5.59. The molecule has 1 unspecified atom stereocenters. The molecule has 0 amide bonds. The number of rotatable bonds is 1. The van der Waals surface area contributed by atoms with E-state index in [1.807, 2.05) is 19.3 Å². The van der Waals surface area contributed by atoms with E-state index in [1.165, 1.54) is 22.3 Å². The van der Waals surface area contributed by atoms with E-state index in [4.69, 9.17) is 0 Å². The molecule has 0 aliphatic carbocycles. The van der Waals surface area contributed by atoms with Crippen molar-refractivity contribution in [2.45, 2.75) is 33.4 Å². The van der Waals surface area contributed by atoms with Crippen LogP contribution in [-0.4, -0.2) is 11.2 Å². The summed E-state index contributed by atoms with van der Waals surface area (Å²) in [6, 6.07) is 4.51. The zero-order chi connectivity index (χ0) is 12.3. The monoisotopic (exact) mass is 234 g/mol. The van der Waals surface area contributed by atoms with Crippen LogP contribution in [0.5, 0.6) is 0 Å².